The van der Waals surface area contributed by atoms with Gasteiger partial charge in [0.15, 0.2) is 0 Å². The molecule has 0 aliphatic carbocycles. The van der Waals surface area contributed by atoms with Gasteiger partial charge >= 0.3 is 5.97 Å². The molecule has 1 heterocycles. The summed E-state index contributed by atoms with van der Waals surface area (Å²) in [4.78, 5) is 11.0. The van der Waals surface area contributed by atoms with Crippen molar-refractivity contribution in [2.75, 3.05) is 0 Å². The number of aromatic nitrogens is 2. The lowest BCUT2D eigenvalue weighted by Crippen LogP contribution is -1.96. The van der Waals surface area contributed by atoms with Crippen molar-refractivity contribution in [3.05, 3.63) is 60.2 Å². The standard InChI is InChI=1S/C15H10N2O2/c18-15(19)12-6-3-5-10(8-12)14-9-11-4-1-2-7-13(11)16-17-14/h1-9H,(H,18,19). The summed E-state index contributed by atoms with van der Waals surface area (Å²) in [5, 5.41) is 18.2. The fourth-order valence-electron chi connectivity index (χ4n) is 1.94. The molecule has 0 fully saturated rings. The highest BCUT2D eigenvalue weighted by Gasteiger charge is 2.06. The minimum atomic E-state index is -0.949. The maximum atomic E-state index is 11.0. The highest BCUT2D eigenvalue weighted by Crippen LogP contribution is 2.21. The molecule has 0 saturated carbocycles. The summed E-state index contributed by atoms with van der Waals surface area (Å²) in [6, 6.07) is 16.3. The van der Waals surface area contributed by atoms with Crippen LogP contribution in [0, 0.1) is 0 Å². The molecule has 3 rings (SSSR count). The molecule has 0 saturated heterocycles. The van der Waals surface area contributed by atoms with Gasteiger partial charge in [-0.05, 0) is 24.3 Å². The highest BCUT2D eigenvalue weighted by molar-refractivity contribution is 5.89. The maximum Gasteiger partial charge on any atom is 0.335 e. The van der Waals surface area contributed by atoms with Crippen molar-refractivity contribution in [2.24, 2.45) is 0 Å². The number of carboxylic acid groups (broad SMARTS) is 1. The predicted molar refractivity (Wildman–Crippen MR) is 71.9 cm³/mol. The third kappa shape index (κ3) is 2.15. The Balaban J connectivity index is 2.13. The molecule has 1 aromatic heterocycles. The SMILES string of the molecule is O=C(O)c1cccc(-c2cc3ccccc3nn2)c1. The number of rotatable bonds is 2. The molecule has 0 atom stereocenters. The van der Waals surface area contributed by atoms with Crippen molar-refractivity contribution < 1.29 is 9.90 Å². The number of aromatic carboxylic acids is 1. The molecule has 0 radical (unpaired) electrons. The van der Waals surface area contributed by atoms with Gasteiger partial charge in [-0.2, -0.15) is 0 Å². The van der Waals surface area contributed by atoms with E-state index in [1.807, 2.05) is 36.4 Å². The molecule has 0 unspecified atom stereocenters. The van der Waals surface area contributed by atoms with Crippen molar-refractivity contribution in [1.82, 2.24) is 10.2 Å². The third-order valence-electron chi connectivity index (χ3n) is 2.90. The zero-order valence-corrected chi connectivity index (χ0v) is 9.95. The van der Waals surface area contributed by atoms with Gasteiger partial charge in [0.05, 0.1) is 16.8 Å². The highest BCUT2D eigenvalue weighted by atomic mass is 16.4. The first-order valence-electron chi connectivity index (χ1n) is 5.80. The van der Waals surface area contributed by atoms with Crippen LogP contribution >= 0.6 is 0 Å². The van der Waals surface area contributed by atoms with Crippen LogP contribution < -0.4 is 0 Å². The number of benzene rings is 2. The summed E-state index contributed by atoms with van der Waals surface area (Å²) in [5.41, 5.74) is 2.48. The maximum absolute atomic E-state index is 11.0. The number of hydrogen-bond acceptors (Lipinski definition) is 3. The van der Waals surface area contributed by atoms with Crippen LogP contribution in [0.15, 0.2) is 54.6 Å². The number of carboxylic acids is 1. The molecular weight excluding hydrogens is 240 g/mol. The Morgan fingerprint density at radius 2 is 1.79 bits per heavy atom. The fraction of sp³-hybridized carbons (Fsp3) is 0. The topological polar surface area (TPSA) is 63.1 Å². The van der Waals surface area contributed by atoms with Gasteiger partial charge in [-0.15, -0.1) is 10.2 Å². The molecule has 92 valence electrons. The Morgan fingerprint density at radius 1 is 0.947 bits per heavy atom. The lowest BCUT2D eigenvalue weighted by molar-refractivity contribution is 0.0697. The second kappa shape index (κ2) is 4.49. The van der Waals surface area contributed by atoms with E-state index < -0.39 is 5.97 Å². The van der Waals surface area contributed by atoms with Crippen LogP contribution in [0.25, 0.3) is 22.2 Å². The van der Waals surface area contributed by atoms with E-state index in [-0.39, 0.29) is 5.56 Å². The van der Waals surface area contributed by atoms with Crippen LogP contribution in [0.4, 0.5) is 0 Å². The molecule has 0 amide bonds. The summed E-state index contributed by atoms with van der Waals surface area (Å²) < 4.78 is 0. The summed E-state index contributed by atoms with van der Waals surface area (Å²) in [7, 11) is 0. The number of nitrogens with zero attached hydrogens (tertiary/aromatic N) is 2. The third-order valence-corrected chi connectivity index (χ3v) is 2.90. The smallest absolute Gasteiger partial charge is 0.335 e. The lowest BCUT2D eigenvalue weighted by Gasteiger charge is -2.03. The van der Waals surface area contributed by atoms with E-state index in [4.69, 9.17) is 5.11 Å². The van der Waals surface area contributed by atoms with E-state index in [1.165, 1.54) is 0 Å². The molecule has 0 spiro atoms. The minimum Gasteiger partial charge on any atom is -0.478 e. The van der Waals surface area contributed by atoms with E-state index >= 15 is 0 Å². The van der Waals surface area contributed by atoms with Crippen LogP contribution in [0.2, 0.25) is 0 Å². The minimum absolute atomic E-state index is 0.243. The second-order valence-electron chi connectivity index (χ2n) is 4.17. The quantitative estimate of drug-likeness (QED) is 0.759. The van der Waals surface area contributed by atoms with E-state index in [0.717, 1.165) is 16.5 Å². The van der Waals surface area contributed by atoms with Crippen LogP contribution in [0.5, 0.6) is 0 Å². The van der Waals surface area contributed by atoms with Crippen LogP contribution in [-0.2, 0) is 0 Å². The predicted octanol–water partition coefficient (Wildman–Crippen LogP) is 3.00. The van der Waals surface area contributed by atoms with Gasteiger partial charge in [0.2, 0.25) is 0 Å². The monoisotopic (exact) mass is 250 g/mol. The van der Waals surface area contributed by atoms with E-state index in [2.05, 4.69) is 10.2 Å². The normalized spacial score (nSPS) is 10.5. The molecule has 3 aromatic rings. The zero-order chi connectivity index (χ0) is 13.2. The average Bonchev–Trinajstić information content (AvgIpc) is 2.47. The van der Waals surface area contributed by atoms with Gasteiger partial charge in [-0.3, -0.25) is 0 Å². The lowest BCUT2D eigenvalue weighted by atomic mass is 10.1. The first-order valence-corrected chi connectivity index (χ1v) is 5.80. The summed E-state index contributed by atoms with van der Waals surface area (Å²) in [6.45, 7) is 0. The molecule has 19 heavy (non-hydrogen) atoms. The number of hydrogen-bond donors (Lipinski definition) is 1. The Bertz CT molecular complexity index is 769. The average molecular weight is 250 g/mol. The number of fused-ring (bicyclic) bond motifs is 1. The van der Waals surface area contributed by atoms with Crippen molar-refractivity contribution in [3.8, 4) is 11.3 Å². The van der Waals surface area contributed by atoms with Gasteiger partial charge in [0.1, 0.15) is 0 Å². The summed E-state index contributed by atoms with van der Waals surface area (Å²) in [6.07, 6.45) is 0. The van der Waals surface area contributed by atoms with Crippen molar-refractivity contribution >= 4 is 16.9 Å². The zero-order valence-electron chi connectivity index (χ0n) is 9.95. The van der Waals surface area contributed by atoms with Gasteiger partial charge in [0, 0.05) is 10.9 Å². The van der Waals surface area contributed by atoms with Crippen LogP contribution in [0.1, 0.15) is 10.4 Å². The van der Waals surface area contributed by atoms with Crippen molar-refractivity contribution in [2.45, 2.75) is 0 Å². The Kier molecular flexibility index (Phi) is 2.68. The molecule has 0 aliphatic heterocycles. The summed E-state index contributed by atoms with van der Waals surface area (Å²) >= 11 is 0. The van der Waals surface area contributed by atoms with Crippen molar-refractivity contribution in [3.63, 3.8) is 0 Å². The Hall–Kier alpha value is -2.75. The van der Waals surface area contributed by atoms with Crippen LogP contribution in [-0.4, -0.2) is 21.3 Å². The molecule has 2 aromatic carbocycles. The molecule has 4 nitrogen and oxygen atoms in total. The van der Waals surface area contributed by atoms with Crippen molar-refractivity contribution in [1.29, 1.82) is 0 Å². The molecular formula is C15H10N2O2. The molecule has 0 bridgehead atoms. The number of carbonyl (C=O) groups is 1. The first-order chi connectivity index (χ1) is 9.24. The first kappa shape index (κ1) is 11.3. The second-order valence-corrected chi connectivity index (χ2v) is 4.17. The van der Waals surface area contributed by atoms with E-state index in [1.54, 1.807) is 18.2 Å². The van der Waals surface area contributed by atoms with E-state index in [9.17, 15) is 4.79 Å². The molecule has 1 N–H and O–H groups in total. The van der Waals surface area contributed by atoms with Crippen LogP contribution in [0.3, 0.4) is 0 Å². The fourth-order valence-corrected chi connectivity index (χ4v) is 1.94. The van der Waals surface area contributed by atoms with Gasteiger partial charge in [-0.25, -0.2) is 4.79 Å². The molecule has 4 heteroatoms. The van der Waals surface area contributed by atoms with Gasteiger partial charge < -0.3 is 5.11 Å². The Labute approximate surface area is 109 Å². The summed E-state index contributed by atoms with van der Waals surface area (Å²) in [5.74, 6) is -0.949. The molecule has 0 aliphatic rings. The largest absolute Gasteiger partial charge is 0.478 e. The Morgan fingerprint density at radius 3 is 2.63 bits per heavy atom. The van der Waals surface area contributed by atoms with Gasteiger partial charge in [0.25, 0.3) is 0 Å². The van der Waals surface area contributed by atoms with Gasteiger partial charge in [-0.1, -0.05) is 30.3 Å². The van der Waals surface area contributed by atoms with E-state index in [0.29, 0.717) is 5.69 Å².